The van der Waals surface area contributed by atoms with Crippen LogP contribution in [0.5, 0.6) is 5.75 Å². The monoisotopic (exact) mass is 391 g/mol. The summed E-state index contributed by atoms with van der Waals surface area (Å²) in [6, 6.07) is 13.3. The highest BCUT2D eigenvalue weighted by Crippen LogP contribution is 2.22. The zero-order chi connectivity index (χ0) is 19.6. The Morgan fingerprint density at radius 3 is 2.37 bits per heavy atom. The van der Waals surface area contributed by atoms with E-state index in [9.17, 15) is 14.4 Å². The van der Waals surface area contributed by atoms with E-state index >= 15 is 0 Å². The lowest BCUT2D eigenvalue weighted by molar-refractivity contribution is -0.150. The summed E-state index contributed by atoms with van der Waals surface area (Å²) in [4.78, 5) is 34.7. The molecule has 0 aliphatic heterocycles. The fourth-order valence-corrected chi connectivity index (χ4v) is 2.20. The number of rotatable bonds is 8. The molecule has 27 heavy (non-hydrogen) atoms. The highest BCUT2D eigenvalue weighted by atomic mass is 35.5. The first kappa shape index (κ1) is 20.3. The maximum absolute atomic E-state index is 11.7. The minimum Gasteiger partial charge on any atom is -0.480 e. The molecule has 142 valence electrons. The summed E-state index contributed by atoms with van der Waals surface area (Å²) in [7, 11) is 1.30. The molecule has 8 heteroatoms. The van der Waals surface area contributed by atoms with Crippen LogP contribution in [-0.2, 0) is 25.6 Å². The minimum absolute atomic E-state index is 0.230. The quantitative estimate of drug-likeness (QED) is 0.695. The fourth-order valence-electron chi connectivity index (χ4n) is 2.01. The van der Waals surface area contributed by atoms with E-state index in [0.717, 1.165) is 5.56 Å². The van der Waals surface area contributed by atoms with Crippen molar-refractivity contribution in [3.63, 3.8) is 0 Å². The summed E-state index contributed by atoms with van der Waals surface area (Å²) in [6.45, 7) is -0.551. The number of amides is 1. The van der Waals surface area contributed by atoms with Gasteiger partial charge >= 0.3 is 11.9 Å². The lowest BCUT2D eigenvalue weighted by Crippen LogP contribution is -2.29. The number of hydrogen-bond donors (Lipinski definition) is 1. The van der Waals surface area contributed by atoms with Gasteiger partial charge in [-0.05, 0) is 29.8 Å². The summed E-state index contributed by atoms with van der Waals surface area (Å²) in [5, 5.41) is 2.98. The van der Waals surface area contributed by atoms with Crippen LogP contribution in [0.1, 0.15) is 15.9 Å². The average molecular weight is 392 g/mol. The van der Waals surface area contributed by atoms with Crippen LogP contribution in [0.25, 0.3) is 0 Å². The highest BCUT2D eigenvalue weighted by molar-refractivity contribution is 6.32. The number of carbonyl (C=O) groups excluding carboxylic acids is 3. The molecule has 0 atom stereocenters. The van der Waals surface area contributed by atoms with Crippen molar-refractivity contribution in [1.29, 1.82) is 0 Å². The zero-order valence-electron chi connectivity index (χ0n) is 14.6. The molecule has 2 rings (SSSR count). The summed E-state index contributed by atoms with van der Waals surface area (Å²) in [6.07, 6.45) is 0. The van der Waals surface area contributed by atoms with Gasteiger partial charge in [-0.1, -0.05) is 35.9 Å². The van der Waals surface area contributed by atoms with Crippen molar-refractivity contribution >= 4 is 29.4 Å². The van der Waals surface area contributed by atoms with Crippen molar-refractivity contribution in [3.05, 3.63) is 64.7 Å². The van der Waals surface area contributed by atoms with Gasteiger partial charge in [-0.25, -0.2) is 9.59 Å². The van der Waals surface area contributed by atoms with Gasteiger partial charge in [-0.15, -0.1) is 0 Å². The molecule has 0 aliphatic carbocycles. The van der Waals surface area contributed by atoms with Gasteiger partial charge in [-0.2, -0.15) is 0 Å². The molecule has 0 heterocycles. The summed E-state index contributed by atoms with van der Waals surface area (Å²) < 4.78 is 14.7. The van der Waals surface area contributed by atoms with Gasteiger partial charge < -0.3 is 19.5 Å². The molecular formula is C19H18ClNO6. The number of benzene rings is 2. The Labute approximate surface area is 161 Å². The minimum atomic E-state index is -0.687. The zero-order valence-corrected chi connectivity index (χ0v) is 15.3. The topological polar surface area (TPSA) is 90.9 Å². The number of esters is 2. The largest absolute Gasteiger partial charge is 0.480 e. The summed E-state index contributed by atoms with van der Waals surface area (Å²) >= 11 is 5.90. The Kier molecular flexibility index (Phi) is 7.63. The van der Waals surface area contributed by atoms with Crippen molar-refractivity contribution in [2.24, 2.45) is 0 Å². The van der Waals surface area contributed by atoms with E-state index in [-0.39, 0.29) is 13.2 Å². The molecule has 0 spiro atoms. The van der Waals surface area contributed by atoms with E-state index in [1.54, 1.807) is 48.5 Å². The molecule has 0 aliphatic rings. The van der Waals surface area contributed by atoms with Crippen molar-refractivity contribution in [3.8, 4) is 5.75 Å². The molecule has 0 aromatic heterocycles. The van der Waals surface area contributed by atoms with Gasteiger partial charge in [0, 0.05) is 6.54 Å². The first-order valence-corrected chi connectivity index (χ1v) is 8.34. The predicted molar refractivity (Wildman–Crippen MR) is 97.5 cm³/mol. The second-order valence-electron chi connectivity index (χ2n) is 5.35. The maximum atomic E-state index is 11.7. The van der Waals surface area contributed by atoms with E-state index in [2.05, 4.69) is 10.1 Å². The van der Waals surface area contributed by atoms with E-state index in [1.807, 2.05) is 0 Å². The van der Waals surface area contributed by atoms with Crippen molar-refractivity contribution in [2.45, 2.75) is 6.54 Å². The van der Waals surface area contributed by atoms with Crippen LogP contribution in [-0.4, -0.2) is 38.2 Å². The van der Waals surface area contributed by atoms with Crippen LogP contribution in [0, 0.1) is 0 Å². The third kappa shape index (κ3) is 6.63. The molecule has 1 amide bonds. The van der Waals surface area contributed by atoms with Crippen LogP contribution in [0.15, 0.2) is 48.5 Å². The first-order chi connectivity index (χ1) is 13.0. The lowest BCUT2D eigenvalue weighted by Gasteiger charge is -2.09. The van der Waals surface area contributed by atoms with E-state index < -0.39 is 24.5 Å². The predicted octanol–water partition coefficient (Wildman–Crippen LogP) is 2.36. The standard InChI is InChI=1S/C19H18ClNO6/c1-25-19(24)14-8-6-13(7-9-14)10-21-17(22)11-27-18(23)12-26-16-5-3-2-4-15(16)20/h2-9H,10-12H2,1H3,(H,21,22). The van der Waals surface area contributed by atoms with E-state index in [4.69, 9.17) is 21.1 Å². The van der Waals surface area contributed by atoms with E-state index in [1.165, 1.54) is 7.11 Å². The number of nitrogens with one attached hydrogen (secondary N) is 1. The Hall–Kier alpha value is -3.06. The van der Waals surface area contributed by atoms with Gasteiger partial charge in [-0.3, -0.25) is 4.79 Å². The van der Waals surface area contributed by atoms with Gasteiger partial charge in [0.05, 0.1) is 17.7 Å². The molecule has 1 N–H and O–H groups in total. The van der Waals surface area contributed by atoms with Gasteiger partial charge in [0.15, 0.2) is 13.2 Å². The molecule has 0 fully saturated rings. The third-order valence-corrected chi connectivity index (χ3v) is 3.72. The first-order valence-electron chi connectivity index (χ1n) is 7.96. The van der Waals surface area contributed by atoms with Gasteiger partial charge in [0.1, 0.15) is 5.75 Å². The molecular weight excluding hydrogens is 374 g/mol. The van der Waals surface area contributed by atoms with Crippen LogP contribution in [0.3, 0.4) is 0 Å². The fraction of sp³-hybridized carbons (Fsp3) is 0.211. The molecule has 0 radical (unpaired) electrons. The smallest absolute Gasteiger partial charge is 0.344 e. The maximum Gasteiger partial charge on any atom is 0.344 e. The second-order valence-corrected chi connectivity index (χ2v) is 5.75. The van der Waals surface area contributed by atoms with Gasteiger partial charge in [0.25, 0.3) is 5.91 Å². The molecule has 0 unspecified atom stereocenters. The Bertz CT molecular complexity index is 806. The highest BCUT2D eigenvalue weighted by Gasteiger charge is 2.10. The number of carbonyl (C=O) groups is 3. The van der Waals surface area contributed by atoms with Crippen LogP contribution in [0.4, 0.5) is 0 Å². The second kappa shape index (κ2) is 10.2. The summed E-state index contributed by atoms with van der Waals surface area (Å²) in [5.41, 5.74) is 1.20. The number of para-hydroxylation sites is 1. The normalized spacial score (nSPS) is 10.0. The SMILES string of the molecule is COC(=O)c1ccc(CNC(=O)COC(=O)COc2ccccc2Cl)cc1. The van der Waals surface area contributed by atoms with Crippen molar-refractivity contribution < 1.29 is 28.6 Å². The Morgan fingerprint density at radius 1 is 1.00 bits per heavy atom. The molecule has 2 aromatic carbocycles. The molecule has 2 aromatic rings. The number of halogens is 1. The van der Waals surface area contributed by atoms with Crippen LogP contribution in [0.2, 0.25) is 5.02 Å². The van der Waals surface area contributed by atoms with Crippen molar-refractivity contribution in [1.82, 2.24) is 5.32 Å². The van der Waals surface area contributed by atoms with Crippen LogP contribution >= 0.6 is 11.6 Å². The molecule has 7 nitrogen and oxygen atoms in total. The molecule has 0 bridgehead atoms. The van der Waals surface area contributed by atoms with Gasteiger partial charge in [0.2, 0.25) is 0 Å². The Balaban J connectivity index is 1.69. The van der Waals surface area contributed by atoms with E-state index in [0.29, 0.717) is 16.3 Å². The Morgan fingerprint density at radius 2 is 1.70 bits per heavy atom. The molecule has 0 saturated carbocycles. The number of methoxy groups -OCH3 is 1. The lowest BCUT2D eigenvalue weighted by atomic mass is 10.1. The summed E-state index contributed by atoms with van der Waals surface area (Å²) in [5.74, 6) is -1.22. The third-order valence-electron chi connectivity index (χ3n) is 3.41. The van der Waals surface area contributed by atoms with Crippen molar-refractivity contribution in [2.75, 3.05) is 20.3 Å². The van der Waals surface area contributed by atoms with Crippen LogP contribution < -0.4 is 10.1 Å². The number of hydrogen-bond acceptors (Lipinski definition) is 6. The molecule has 0 saturated heterocycles. The average Bonchev–Trinajstić information content (AvgIpc) is 2.69. The number of ether oxygens (including phenoxy) is 3.